The van der Waals surface area contributed by atoms with Crippen LogP contribution in [0.4, 0.5) is 4.39 Å². The standard InChI is InChI=1S/C10H9ClFNO4/c1-2-16-8(14)4-9(15)17-10-7(12)3-6(11)5-13-10/h3,5H,2,4H2,1H3. The topological polar surface area (TPSA) is 65.5 Å². The number of ether oxygens (including phenoxy) is 2. The first-order chi connectivity index (χ1) is 8.02. The molecule has 0 unspecified atom stereocenters. The molecule has 0 saturated carbocycles. The Morgan fingerprint density at radius 2 is 2.18 bits per heavy atom. The molecule has 1 aromatic heterocycles. The second-order valence-electron chi connectivity index (χ2n) is 2.90. The zero-order valence-corrected chi connectivity index (χ0v) is 9.66. The van der Waals surface area contributed by atoms with Crippen molar-refractivity contribution in [2.45, 2.75) is 13.3 Å². The second-order valence-corrected chi connectivity index (χ2v) is 3.33. The molecule has 1 rings (SSSR count). The van der Waals surface area contributed by atoms with Crippen LogP contribution in [0.25, 0.3) is 0 Å². The van der Waals surface area contributed by atoms with Crippen molar-refractivity contribution in [3.05, 3.63) is 23.1 Å². The maximum absolute atomic E-state index is 13.2. The van der Waals surface area contributed by atoms with E-state index in [4.69, 9.17) is 11.6 Å². The van der Waals surface area contributed by atoms with Gasteiger partial charge in [-0.1, -0.05) is 11.6 Å². The summed E-state index contributed by atoms with van der Waals surface area (Å²) in [5.74, 6) is -3.09. The summed E-state index contributed by atoms with van der Waals surface area (Å²) in [5.41, 5.74) is 0. The van der Waals surface area contributed by atoms with Gasteiger partial charge in [0, 0.05) is 6.20 Å². The zero-order chi connectivity index (χ0) is 12.8. The number of rotatable bonds is 4. The largest absolute Gasteiger partial charge is 0.466 e. The average Bonchev–Trinajstić information content (AvgIpc) is 2.22. The predicted octanol–water partition coefficient (Wildman–Crippen LogP) is 1.73. The number of carbonyl (C=O) groups excluding carboxylic acids is 2. The van der Waals surface area contributed by atoms with Crippen molar-refractivity contribution in [3.8, 4) is 5.88 Å². The summed E-state index contributed by atoms with van der Waals surface area (Å²) < 4.78 is 22.2. The summed E-state index contributed by atoms with van der Waals surface area (Å²) in [4.78, 5) is 25.6. The number of hydrogen-bond donors (Lipinski definition) is 0. The van der Waals surface area contributed by atoms with Crippen LogP contribution in [-0.2, 0) is 14.3 Å². The van der Waals surface area contributed by atoms with E-state index in [9.17, 15) is 14.0 Å². The fourth-order valence-corrected chi connectivity index (χ4v) is 1.10. The summed E-state index contributed by atoms with van der Waals surface area (Å²) >= 11 is 5.46. The molecule has 17 heavy (non-hydrogen) atoms. The summed E-state index contributed by atoms with van der Waals surface area (Å²) in [6.45, 7) is 1.75. The Hall–Kier alpha value is -1.69. The van der Waals surface area contributed by atoms with Crippen molar-refractivity contribution >= 4 is 23.5 Å². The molecule has 0 atom stereocenters. The lowest BCUT2D eigenvalue weighted by atomic mass is 10.4. The van der Waals surface area contributed by atoms with E-state index >= 15 is 0 Å². The number of aromatic nitrogens is 1. The van der Waals surface area contributed by atoms with E-state index < -0.39 is 30.1 Å². The minimum atomic E-state index is -0.947. The monoisotopic (exact) mass is 261 g/mol. The van der Waals surface area contributed by atoms with Gasteiger partial charge in [0.25, 0.3) is 5.88 Å². The van der Waals surface area contributed by atoms with Crippen molar-refractivity contribution in [2.75, 3.05) is 6.61 Å². The predicted molar refractivity (Wildman–Crippen MR) is 56.1 cm³/mol. The Labute approximate surface area is 101 Å². The molecule has 0 aliphatic heterocycles. The number of pyridine rings is 1. The first-order valence-corrected chi connectivity index (χ1v) is 5.08. The average molecular weight is 262 g/mol. The Morgan fingerprint density at radius 1 is 1.47 bits per heavy atom. The van der Waals surface area contributed by atoms with Gasteiger partial charge in [-0.3, -0.25) is 9.59 Å². The maximum atomic E-state index is 13.2. The van der Waals surface area contributed by atoms with Crippen LogP contribution >= 0.6 is 11.6 Å². The molecule has 0 bridgehead atoms. The number of carbonyl (C=O) groups is 2. The van der Waals surface area contributed by atoms with Crippen molar-refractivity contribution < 1.29 is 23.5 Å². The SMILES string of the molecule is CCOC(=O)CC(=O)Oc1ncc(Cl)cc1F. The molecule has 0 N–H and O–H groups in total. The van der Waals surface area contributed by atoms with Crippen LogP contribution in [0.15, 0.2) is 12.3 Å². The van der Waals surface area contributed by atoms with E-state index in [0.717, 1.165) is 12.3 Å². The first-order valence-electron chi connectivity index (χ1n) is 4.70. The van der Waals surface area contributed by atoms with Crippen LogP contribution in [0.3, 0.4) is 0 Å². The Balaban J connectivity index is 2.59. The van der Waals surface area contributed by atoms with Crippen molar-refractivity contribution in [1.29, 1.82) is 0 Å². The fourth-order valence-electron chi connectivity index (χ4n) is 0.951. The molecule has 0 saturated heterocycles. The van der Waals surface area contributed by atoms with E-state index in [-0.39, 0.29) is 11.6 Å². The van der Waals surface area contributed by atoms with Gasteiger partial charge in [0.15, 0.2) is 5.82 Å². The van der Waals surface area contributed by atoms with Gasteiger partial charge in [0.05, 0.1) is 11.6 Å². The van der Waals surface area contributed by atoms with Crippen LogP contribution < -0.4 is 4.74 Å². The summed E-state index contributed by atoms with van der Waals surface area (Å²) in [6.07, 6.45) is 0.523. The Morgan fingerprint density at radius 3 is 2.76 bits per heavy atom. The maximum Gasteiger partial charge on any atom is 0.323 e. The van der Waals surface area contributed by atoms with E-state index in [2.05, 4.69) is 14.5 Å². The summed E-state index contributed by atoms with van der Waals surface area (Å²) in [7, 11) is 0. The van der Waals surface area contributed by atoms with Gasteiger partial charge in [0.1, 0.15) is 6.42 Å². The van der Waals surface area contributed by atoms with Crippen molar-refractivity contribution in [1.82, 2.24) is 4.98 Å². The Bertz CT molecular complexity index is 438. The molecule has 0 aliphatic rings. The quantitative estimate of drug-likeness (QED) is 0.610. The number of esters is 2. The Kier molecular flexibility index (Phi) is 4.84. The third-order valence-electron chi connectivity index (χ3n) is 1.58. The van der Waals surface area contributed by atoms with Gasteiger partial charge in [-0.25, -0.2) is 9.37 Å². The summed E-state index contributed by atoms with van der Waals surface area (Å²) in [6, 6.07) is 0.946. The van der Waals surface area contributed by atoms with Gasteiger partial charge in [-0.05, 0) is 13.0 Å². The normalized spacial score (nSPS) is 9.82. The second kappa shape index (κ2) is 6.15. The van der Waals surface area contributed by atoms with Gasteiger partial charge >= 0.3 is 11.9 Å². The summed E-state index contributed by atoms with van der Waals surface area (Å²) in [5, 5.41) is 0.0766. The van der Waals surface area contributed by atoms with Gasteiger partial charge < -0.3 is 9.47 Å². The van der Waals surface area contributed by atoms with E-state index in [1.54, 1.807) is 6.92 Å². The molecule has 7 heteroatoms. The minimum absolute atomic E-state index is 0.0766. The highest BCUT2D eigenvalue weighted by atomic mass is 35.5. The van der Waals surface area contributed by atoms with Gasteiger partial charge in [-0.15, -0.1) is 0 Å². The molecule has 5 nitrogen and oxygen atoms in total. The van der Waals surface area contributed by atoms with Gasteiger partial charge in [-0.2, -0.15) is 0 Å². The molecule has 0 radical (unpaired) electrons. The van der Waals surface area contributed by atoms with Crippen molar-refractivity contribution in [2.24, 2.45) is 0 Å². The molecule has 0 aliphatic carbocycles. The van der Waals surface area contributed by atoms with E-state index in [0.29, 0.717) is 0 Å². The van der Waals surface area contributed by atoms with Crippen LogP contribution in [-0.4, -0.2) is 23.5 Å². The van der Waals surface area contributed by atoms with E-state index in [1.165, 1.54) is 0 Å². The highest BCUT2D eigenvalue weighted by Crippen LogP contribution is 2.17. The molecule has 0 amide bonds. The lowest BCUT2D eigenvalue weighted by Crippen LogP contribution is -2.17. The number of hydrogen-bond acceptors (Lipinski definition) is 5. The van der Waals surface area contributed by atoms with Crippen LogP contribution in [0, 0.1) is 5.82 Å². The number of halogens is 2. The van der Waals surface area contributed by atoms with Crippen LogP contribution in [0.2, 0.25) is 5.02 Å². The highest BCUT2D eigenvalue weighted by molar-refractivity contribution is 6.30. The molecule has 0 spiro atoms. The molecular weight excluding hydrogens is 253 g/mol. The van der Waals surface area contributed by atoms with Crippen LogP contribution in [0.5, 0.6) is 5.88 Å². The molecule has 0 aromatic carbocycles. The molecule has 0 fully saturated rings. The minimum Gasteiger partial charge on any atom is -0.466 e. The zero-order valence-electron chi connectivity index (χ0n) is 8.91. The highest BCUT2D eigenvalue weighted by Gasteiger charge is 2.15. The van der Waals surface area contributed by atoms with Crippen LogP contribution in [0.1, 0.15) is 13.3 Å². The first kappa shape index (κ1) is 13.4. The lowest BCUT2D eigenvalue weighted by molar-refractivity contribution is -0.150. The van der Waals surface area contributed by atoms with Crippen molar-refractivity contribution in [3.63, 3.8) is 0 Å². The fraction of sp³-hybridized carbons (Fsp3) is 0.300. The van der Waals surface area contributed by atoms with Gasteiger partial charge in [0.2, 0.25) is 0 Å². The third kappa shape index (κ3) is 4.36. The smallest absolute Gasteiger partial charge is 0.323 e. The third-order valence-corrected chi connectivity index (χ3v) is 1.79. The number of nitrogens with zero attached hydrogens (tertiary/aromatic N) is 1. The molecular formula is C10H9ClFNO4. The molecule has 92 valence electrons. The molecule has 1 heterocycles. The molecule has 1 aromatic rings. The van der Waals surface area contributed by atoms with E-state index in [1.807, 2.05) is 0 Å². The lowest BCUT2D eigenvalue weighted by Gasteiger charge is -2.04.